The van der Waals surface area contributed by atoms with Crippen molar-refractivity contribution >= 4 is 27.5 Å². The van der Waals surface area contributed by atoms with Gasteiger partial charge in [0.2, 0.25) is 28.6 Å². The average Bonchev–Trinajstić information content (AvgIpc) is 3.21. The van der Waals surface area contributed by atoms with Crippen molar-refractivity contribution in [3.63, 3.8) is 0 Å². The van der Waals surface area contributed by atoms with Crippen LogP contribution >= 0.6 is 0 Å². The first kappa shape index (κ1) is 26.3. The van der Waals surface area contributed by atoms with E-state index in [1.165, 1.54) is 11.0 Å². The first-order valence-electron chi connectivity index (χ1n) is 11.3. The quantitative estimate of drug-likeness (QED) is 0.594. The Morgan fingerprint density at radius 1 is 1.09 bits per heavy atom. The van der Waals surface area contributed by atoms with E-state index >= 15 is 0 Å². The number of benzene rings is 2. The van der Waals surface area contributed by atoms with Crippen molar-refractivity contribution in [3.05, 3.63) is 53.6 Å². The van der Waals surface area contributed by atoms with E-state index in [4.69, 9.17) is 9.47 Å². The zero-order chi connectivity index (χ0) is 26.0. The number of fused-ring (bicyclic) bond motifs is 1. The molecular weight excluding hydrogens is 470 g/mol. The van der Waals surface area contributed by atoms with Gasteiger partial charge >= 0.3 is 0 Å². The Kier molecular flexibility index (Phi) is 7.64. The fourth-order valence-corrected chi connectivity index (χ4v) is 4.56. The number of anilines is 1. The van der Waals surface area contributed by atoms with Gasteiger partial charge in [0.05, 0.1) is 11.9 Å². The van der Waals surface area contributed by atoms with Gasteiger partial charge in [-0.1, -0.05) is 29.8 Å². The molecule has 3 rings (SSSR count). The summed E-state index contributed by atoms with van der Waals surface area (Å²) in [6.07, 6.45) is 1.03. The van der Waals surface area contributed by atoms with Gasteiger partial charge < -0.3 is 19.7 Å². The molecule has 2 aromatic carbocycles. The molecule has 1 atom stereocenters. The van der Waals surface area contributed by atoms with Crippen LogP contribution in [0.1, 0.15) is 38.8 Å². The van der Waals surface area contributed by atoms with Crippen LogP contribution in [0.4, 0.5) is 5.69 Å². The molecule has 0 saturated carbocycles. The van der Waals surface area contributed by atoms with E-state index < -0.39 is 34.1 Å². The number of hydrogen-bond donors (Lipinski definition) is 1. The third kappa shape index (κ3) is 6.88. The molecule has 35 heavy (non-hydrogen) atoms. The van der Waals surface area contributed by atoms with Gasteiger partial charge in [-0.25, -0.2) is 8.42 Å². The number of rotatable bonds is 8. The molecule has 2 aromatic rings. The average molecular weight is 504 g/mol. The molecule has 1 unspecified atom stereocenters. The van der Waals surface area contributed by atoms with E-state index in [9.17, 15) is 18.0 Å². The van der Waals surface area contributed by atoms with Crippen LogP contribution in [-0.2, 0) is 26.2 Å². The summed E-state index contributed by atoms with van der Waals surface area (Å²) in [5.74, 6) is 0.0684. The van der Waals surface area contributed by atoms with Crippen LogP contribution in [0.25, 0.3) is 0 Å². The topological polar surface area (TPSA) is 105 Å². The molecule has 1 heterocycles. The summed E-state index contributed by atoms with van der Waals surface area (Å²) in [6.45, 7) is 8.87. The van der Waals surface area contributed by atoms with E-state index in [1.54, 1.807) is 19.1 Å². The Balaban J connectivity index is 1.92. The lowest BCUT2D eigenvalue weighted by Gasteiger charge is -2.33. The van der Waals surface area contributed by atoms with Gasteiger partial charge in [-0.05, 0) is 52.3 Å². The van der Waals surface area contributed by atoms with Gasteiger partial charge in [0, 0.05) is 18.2 Å². The van der Waals surface area contributed by atoms with Crippen molar-refractivity contribution in [3.8, 4) is 11.5 Å². The second-order valence-electron chi connectivity index (χ2n) is 9.73. The van der Waals surface area contributed by atoms with Crippen LogP contribution in [0.5, 0.6) is 11.5 Å². The highest BCUT2D eigenvalue weighted by molar-refractivity contribution is 7.92. The highest BCUT2D eigenvalue weighted by Gasteiger charge is 2.32. The molecule has 1 aliphatic rings. The van der Waals surface area contributed by atoms with Crippen LogP contribution < -0.4 is 19.1 Å². The number of carbonyl (C=O) groups excluding carboxylic acids is 2. The van der Waals surface area contributed by atoms with E-state index in [2.05, 4.69) is 5.32 Å². The number of nitrogens with one attached hydrogen (secondary N) is 1. The Morgan fingerprint density at radius 3 is 2.40 bits per heavy atom. The Hall–Kier alpha value is -3.27. The lowest BCUT2D eigenvalue weighted by Crippen LogP contribution is -2.54. The maximum atomic E-state index is 13.6. The zero-order valence-corrected chi connectivity index (χ0v) is 21.8. The first-order chi connectivity index (χ1) is 16.2. The molecule has 0 spiro atoms. The number of amides is 2. The Labute approximate surface area is 207 Å². The summed E-state index contributed by atoms with van der Waals surface area (Å²) in [5, 5.41) is 2.90. The molecule has 9 nitrogen and oxygen atoms in total. The van der Waals surface area contributed by atoms with Crippen molar-refractivity contribution in [1.29, 1.82) is 0 Å². The number of sulfonamides is 1. The highest BCUT2D eigenvalue weighted by Crippen LogP contribution is 2.36. The molecule has 1 aliphatic heterocycles. The summed E-state index contributed by atoms with van der Waals surface area (Å²) in [6, 6.07) is 11.5. The second-order valence-corrected chi connectivity index (χ2v) is 11.6. The molecule has 190 valence electrons. The van der Waals surface area contributed by atoms with Crippen LogP contribution in [0.3, 0.4) is 0 Å². The minimum absolute atomic E-state index is 0.0429. The minimum Gasteiger partial charge on any atom is -0.454 e. The highest BCUT2D eigenvalue weighted by atomic mass is 32.2. The van der Waals surface area contributed by atoms with Gasteiger partial charge in [0.25, 0.3) is 0 Å². The number of aryl methyl sites for hydroxylation is 1. The van der Waals surface area contributed by atoms with Gasteiger partial charge in [-0.15, -0.1) is 0 Å². The van der Waals surface area contributed by atoms with Gasteiger partial charge in [-0.3, -0.25) is 13.9 Å². The van der Waals surface area contributed by atoms with E-state index in [0.29, 0.717) is 11.5 Å². The van der Waals surface area contributed by atoms with E-state index in [1.807, 2.05) is 52.0 Å². The molecule has 10 heteroatoms. The molecule has 2 amide bonds. The first-order valence-corrected chi connectivity index (χ1v) is 13.1. The molecule has 0 bridgehead atoms. The molecule has 0 aromatic heterocycles. The van der Waals surface area contributed by atoms with Crippen molar-refractivity contribution in [1.82, 2.24) is 10.2 Å². The van der Waals surface area contributed by atoms with Crippen molar-refractivity contribution in [2.24, 2.45) is 0 Å². The van der Waals surface area contributed by atoms with E-state index in [-0.39, 0.29) is 24.9 Å². The monoisotopic (exact) mass is 503 g/mol. The predicted molar refractivity (Wildman–Crippen MR) is 134 cm³/mol. The second kappa shape index (κ2) is 10.2. The third-order valence-electron chi connectivity index (χ3n) is 5.42. The van der Waals surface area contributed by atoms with Crippen LogP contribution in [0.2, 0.25) is 0 Å². The maximum absolute atomic E-state index is 13.6. The standard InChI is InChI=1S/C25H33N3O6S/c1-17-8-7-9-19(12-17)14-27(18(2)24(30)26-25(3,4)5)23(29)15-28(35(6,31)32)20-10-11-21-22(13-20)34-16-33-21/h7-13,18H,14-16H2,1-6H3,(H,26,30). The summed E-state index contributed by atoms with van der Waals surface area (Å²) in [4.78, 5) is 28.0. The SMILES string of the molecule is Cc1cccc(CN(C(=O)CN(c2ccc3c(c2)OCO3)S(C)(=O)=O)C(C)C(=O)NC(C)(C)C)c1. The van der Waals surface area contributed by atoms with Crippen LogP contribution in [0.15, 0.2) is 42.5 Å². The number of ether oxygens (including phenoxy) is 2. The minimum atomic E-state index is -3.83. The Bertz CT molecular complexity index is 1210. The fraction of sp³-hybridized carbons (Fsp3) is 0.440. The van der Waals surface area contributed by atoms with Gasteiger partial charge in [-0.2, -0.15) is 0 Å². The molecule has 0 fully saturated rings. The lowest BCUT2D eigenvalue weighted by atomic mass is 10.1. The zero-order valence-electron chi connectivity index (χ0n) is 21.0. The molecule has 0 radical (unpaired) electrons. The van der Waals surface area contributed by atoms with Crippen LogP contribution in [-0.4, -0.2) is 56.3 Å². The van der Waals surface area contributed by atoms with Crippen molar-refractivity contribution in [2.45, 2.75) is 52.7 Å². The van der Waals surface area contributed by atoms with Gasteiger partial charge in [0.1, 0.15) is 12.6 Å². The molecule has 0 aliphatic carbocycles. The summed E-state index contributed by atoms with van der Waals surface area (Å²) in [7, 11) is -3.83. The van der Waals surface area contributed by atoms with Crippen molar-refractivity contribution in [2.75, 3.05) is 23.9 Å². The summed E-state index contributed by atoms with van der Waals surface area (Å²) in [5.41, 5.74) is 1.63. The van der Waals surface area contributed by atoms with Gasteiger partial charge in [0.15, 0.2) is 11.5 Å². The third-order valence-corrected chi connectivity index (χ3v) is 6.56. The molecule has 1 N–H and O–H groups in total. The normalized spacial score (nSPS) is 13.8. The maximum Gasteiger partial charge on any atom is 0.244 e. The summed E-state index contributed by atoms with van der Waals surface area (Å²) < 4.78 is 37.1. The predicted octanol–water partition coefficient (Wildman–Crippen LogP) is 2.82. The summed E-state index contributed by atoms with van der Waals surface area (Å²) >= 11 is 0. The number of carbonyl (C=O) groups is 2. The fourth-order valence-electron chi connectivity index (χ4n) is 3.72. The smallest absolute Gasteiger partial charge is 0.244 e. The van der Waals surface area contributed by atoms with Crippen molar-refractivity contribution < 1.29 is 27.5 Å². The lowest BCUT2D eigenvalue weighted by molar-refractivity contribution is -0.140. The van der Waals surface area contributed by atoms with E-state index in [0.717, 1.165) is 21.7 Å². The number of nitrogens with zero attached hydrogens (tertiary/aromatic N) is 2. The Morgan fingerprint density at radius 2 is 1.77 bits per heavy atom. The molecular formula is C25H33N3O6S. The van der Waals surface area contributed by atoms with Crippen LogP contribution in [0, 0.1) is 6.92 Å². The largest absolute Gasteiger partial charge is 0.454 e. The number of hydrogen-bond acceptors (Lipinski definition) is 6. The molecule has 0 saturated heterocycles.